The number of amides is 2. The molecule has 1 aliphatic rings. The van der Waals surface area contributed by atoms with Gasteiger partial charge >= 0.3 is 0 Å². The molecule has 0 unspecified atom stereocenters. The minimum absolute atomic E-state index is 0.0303. The maximum absolute atomic E-state index is 12.5. The number of nitrogens with zero attached hydrogens (tertiary/aromatic N) is 3. The van der Waals surface area contributed by atoms with E-state index in [1.165, 1.54) is 0 Å². The summed E-state index contributed by atoms with van der Waals surface area (Å²) in [6.07, 6.45) is 1.90. The second-order valence-corrected chi connectivity index (χ2v) is 6.92. The number of aromatic nitrogens is 2. The normalized spacial score (nSPS) is 18.8. The number of rotatable bonds is 6. The Balaban J connectivity index is 2.02. The molecule has 1 atom stereocenters. The van der Waals surface area contributed by atoms with Crippen molar-refractivity contribution in [3.8, 4) is 0 Å². The molecule has 2 heterocycles. The van der Waals surface area contributed by atoms with Crippen molar-refractivity contribution in [2.75, 3.05) is 6.54 Å². The minimum atomic E-state index is -0.735. The van der Waals surface area contributed by atoms with Gasteiger partial charge in [-0.2, -0.15) is 4.98 Å². The molecule has 1 aromatic rings. The van der Waals surface area contributed by atoms with E-state index in [4.69, 9.17) is 4.52 Å². The zero-order chi connectivity index (χ0) is 17.2. The predicted octanol–water partition coefficient (Wildman–Crippen LogP) is 1.63. The first-order valence-corrected chi connectivity index (χ1v) is 8.19. The number of hydrogen-bond donors (Lipinski definition) is 1. The first kappa shape index (κ1) is 17.4. The molecular weight excluding hydrogens is 296 g/mol. The molecule has 0 saturated carbocycles. The van der Waals surface area contributed by atoms with E-state index in [9.17, 15) is 9.59 Å². The zero-order valence-electron chi connectivity index (χ0n) is 14.5. The van der Waals surface area contributed by atoms with Gasteiger partial charge in [0.15, 0.2) is 5.82 Å². The van der Waals surface area contributed by atoms with Crippen molar-refractivity contribution >= 4 is 11.8 Å². The molecule has 1 aliphatic heterocycles. The van der Waals surface area contributed by atoms with Crippen LogP contribution in [0.25, 0.3) is 0 Å². The first-order chi connectivity index (χ1) is 10.7. The van der Waals surface area contributed by atoms with Gasteiger partial charge in [0.25, 0.3) is 0 Å². The second kappa shape index (κ2) is 6.68. The molecule has 1 N–H and O–H groups in total. The van der Waals surface area contributed by atoms with E-state index in [0.29, 0.717) is 18.3 Å². The summed E-state index contributed by atoms with van der Waals surface area (Å²) < 4.78 is 5.19. The number of hydrogen-bond acceptors (Lipinski definition) is 5. The van der Waals surface area contributed by atoms with E-state index in [0.717, 1.165) is 12.8 Å². The van der Waals surface area contributed by atoms with Crippen molar-refractivity contribution in [3.63, 3.8) is 0 Å². The molecule has 2 rings (SSSR count). The highest BCUT2D eigenvalue weighted by Gasteiger charge is 2.38. The number of carbonyl (C=O) groups excluding carboxylic acids is 2. The molecule has 2 amide bonds. The standard InChI is InChI=1S/C16H26N4O3/c1-6-7-12-17-15(19-23-12)16(4,5)18-14(22)11-8-13(21)20(9-11)10(2)3/h10-11H,6-9H2,1-5H3,(H,18,22)/t11-/m1/s1. The van der Waals surface area contributed by atoms with Gasteiger partial charge in [-0.15, -0.1) is 0 Å². The van der Waals surface area contributed by atoms with Crippen molar-refractivity contribution in [2.24, 2.45) is 5.92 Å². The topological polar surface area (TPSA) is 88.3 Å². The molecule has 0 aromatic carbocycles. The van der Waals surface area contributed by atoms with E-state index < -0.39 is 5.54 Å². The monoisotopic (exact) mass is 322 g/mol. The molecule has 0 spiro atoms. The van der Waals surface area contributed by atoms with Crippen LogP contribution in [0, 0.1) is 5.92 Å². The lowest BCUT2D eigenvalue weighted by Crippen LogP contribution is -2.45. The fourth-order valence-corrected chi connectivity index (χ4v) is 2.70. The average molecular weight is 322 g/mol. The summed E-state index contributed by atoms with van der Waals surface area (Å²) in [5.41, 5.74) is -0.735. The fraction of sp³-hybridized carbons (Fsp3) is 0.750. The van der Waals surface area contributed by atoms with E-state index in [2.05, 4.69) is 15.5 Å². The van der Waals surface area contributed by atoms with E-state index >= 15 is 0 Å². The zero-order valence-corrected chi connectivity index (χ0v) is 14.5. The minimum Gasteiger partial charge on any atom is -0.343 e. The van der Waals surface area contributed by atoms with Crippen LogP contribution in [0.15, 0.2) is 4.52 Å². The van der Waals surface area contributed by atoms with Gasteiger partial charge in [-0.3, -0.25) is 9.59 Å². The van der Waals surface area contributed by atoms with Gasteiger partial charge in [-0.25, -0.2) is 0 Å². The maximum atomic E-state index is 12.5. The third-order valence-corrected chi connectivity index (χ3v) is 4.08. The lowest BCUT2D eigenvalue weighted by molar-refractivity contribution is -0.130. The van der Waals surface area contributed by atoms with Gasteiger partial charge in [0, 0.05) is 25.4 Å². The third kappa shape index (κ3) is 3.89. The Bertz CT molecular complexity index is 580. The van der Waals surface area contributed by atoms with Gasteiger partial charge < -0.3 is 14.7 Å². The van der Waals surface area contributed by atoms with Gasteiger partial charge in [-0.05, 0) is 34.1 Å². The summed E-state index contributed by atoms with van der Waals surface area (Å²) >= 11 is 0. The number of likely N-dealkylation sites (tertiary alicyclic amines) is 1. The number of aryl methyl sites for hydroxylation is 1. The smallest absolute Gasteiger partial charge is 0.226 e. The van der Waals surface area contributed by atoms with Crippen molar-refractivity contribution in [1.82, 2.24) is 20.4 Å². The largest absolute Gasteiger partial charge is 0.343 e. The molecule has 128 valence electrons. The third-order valence-electron chi connectivity index (χ3n) is 4.08. The van der Waals surface area contributed by atoms with Crippen LogP contribution in [0.3, 0.4) is 0 Å². The summed E-state index contributed by atoms with van der Waals surface area (Å²) in [7, 11) is 0. The SMILES string of the molecule is CCCc1nc(C(C)(C)NC(=O)[C@@H]2CC(=O)N(C(C)C)C2)no1. The lowest BCUT2D eigenvalue weighted by atomic mass is 10.0. The van der Waals surface area contributed by atoms with Crippen LogP contribution in [0.1, 0.15) is 59.2 Å². The molecule has 1 aromatic heterocycles. The van der Waals surface area contributed by atoms with Gasteiger partial charge in [-0.1, -0.05) is 12.1 Å². The molecule has 1 saturated heterocycles. The van der Waals surface area contributed by atoms with Gasteiger partial charge in [0.2, 0.25) is 17.7 Å². The second-order valence-electron chi connectivity index (χ2n) is 6.92. The average Bonchev–Trinajstić information content (AvgIpc) is 3.05. The van der Waals surface area contributed by atoms with Crippen molar-refractivity contribution in [1.29, 1.82) is 0 Å². The van der Waals surface area contributed by atoms with Crippen LogP contribution in [-0.2, 0) is 21.5 Å². The molecular formula is C16H26N4O3. The Labute approximate surface area is 136 Å². The lowest BCUT2D eigenvalue weighted by Gasteiger charge is -2.25. The quantitative estimate of drug-likeness (QED) is 0.860. The van der Waals surface area contributed by atoms with Crippen LogP contribution in [-0.4, -0.2) is 39.4 Å². The van der Waals surface area contributed by atoms with Crippen LogP contribution < -0.4 is 5.32 Å². The Kier molecular flexibility index (Phi) is 5.06. The Morgan fingerprint density at radius 2 is 2.17 bits per heavy atom. The van der Waals surface area contributed by atoms with Crippen LogP contribution in [0.5, 0.6) is 0 Å². The van der Waals surface area contributed by atoms with Gasteiger partial charge in [0.05, 0.1) is 11.5 Å². The predicted molar refractivity (Wildman–Crippen MR) is 84.4 cm³/mol. The molecule has 7 nitrogen and oxygen atoms in total. The van der Waals surface area contributed by atoms with Crippen molar-refractivity contribution in [3.05, 3.63) is 11.7 Å². The molecule has 0 bridgehead atoms. The Morgan fingerprint density at radius 3 is 2.74 bits per heavy atom. The van der Waals surface area contributed by atoms with E-state index in [1.54, 1.807) is 4.90 Å². The highest BCUT2D eigenvalue weighted by molar-refractivity contribution is 5.89. The maximum Gasteiger partial charge on any atom is 0.226 e. The highest BCUT2D eigenvalue weighted by Crippen LogP contribution is 2.23. The van der Waals surface area contributed by atoms with E-state index in [-0.39, 0.29) is 30.2 Å². The summed E-state index contributed by atoms with van der Waals surface area (Å²) in [4.78, 5) is 30.5. The first-order valence-electron chi connectivity index (χ1n) is 8.19. The van der Waals surface area contributed by atoms with Crippen molar-refractivity contribution < 1.29 is 14.1 Å². The van der Waals surface area contributed by atoms with Crippen molar-refractivity contribution in [2.45, 2.75) is 65.5 Å². The summed E-state index contributed by atoms with van der Waals surface area (Å²) in [6, 6.07) is 0.113. The summed E-state index contributed by atoms with van der Waals surface area (Å²) in [6.45, 7) is 10.1. The Hall–Kier alpha value is -1.92. The molecule has 23 heavy (non-hydrogen) atoms. The van der Waals surface area contributed by atoms with Crippen LogP contribution >= 0.6 is 0 Å². The fourth-order valence-electron chi connectivity index (χ4n) is 2.70. The summed E-state index contributed by atoms with van der Waals surface area (Å²) in [5.74, 6) is 0.591. The Morgan fingerprint density at radius 1 is 1.48 bits per heavy atom. The number of carbonyl (C=O) groups is 2. The molecule has 7 heteroatoms. The van der Waals surface area contributed by atoms with Crippen LogP contribution in [0.2, 0.25) is 0 Å². The molecule has 0 radical (unpaired) electrons. The van der Waals surface area contributed by atoms with Crippen LogP contribution in [0.4, 0.5) is 0 Å². The van der Waals surface area contributed by atoms with E-state index in [1.807, 2.05) is 34.6 Å². The molecule has 0 aliphatic carbocycles. The van der Waals surface area contributed by atoms with Gasteiger partial charge in [0.1, 0.15) is 0 Å². The number of nitrogens with one attached hydrogen (secondary N) is 1. The molecule has 1 fully saturated rings. The highest BCUT2D eigenvalue weighted by atomic mass is 16.5. The summed E-state index contributed by atoms with van der Waals surface area (Å²) in [5, 5.41) is 6.91.